The van der Waals surface area contributed by atoms with Gasteiger partial charge in [0, 0.05) is 12.6 Å². The number of nitriles is 1. The van der Waals surface area contributed by atoms with Crippen LogP contribution < -0.4 is 10.4 Å². The van der Waals surface area contributed by atoms with Crippen molar-refractivity contribution in [2.24, 2.45) is 0 Å². The van der Waals surface area contributed by atoms with Crippen molar-refractivity contribution in [3.63, 3.8) is 0 Å². The zero-order valence-corrected chi connectivity index (χ0v) is 14.3. The lowest BCUT2D eigenvalue weighted by molar-refractivity contribution is 0.278. The van der Waals surface area contributed by atoms with E-state index in [0.717, 1.165) is 23.5 Å². The summed E-state index contributed by atoms with van der Waals surface area (Å²) in [6.07, 6.45) is 7.05. The molecule has 128 valence electrons. The van der Waals surface area contributed by atoms with Gasteiger partial charge in [-0.1, -0.05) is 17.5 Å². The van der Waals surface area contributed by atoms with E-state index in [-0.39, 0.29) is 22.2 Å². The summed E-state index contributed by atoms with van der Waals surface area (Å²) in [5.74, 6) is 1.83. The van der Waals surface area contributed by atoms with Crippen molar-refractivity contribution in [2.45, 2.75) is 38.8 Å². The van der Waals surface area contributed by atoms with Crippen LogP contribution in [0.15, 0.2) is 16.9 Å². The summed E-state index contributed by atoms with van der Waals surface area (Å²) in [6, 6.07) is 4.39. The average Bonchev–Trinajstić information content (AvgIpc) is 2.89. The predicted molar refractivity (Wildman–Crippen MR) is 91.6 cm³/mol. The van der Waals surface area contributed by atoms with E-state index in [9.17, 15) is 14.4 Å². The summed E-state index contributed by atoms with van der Waals surface area (Å²) in [4.78, 5) is 12.7. The van der Waals surface area contributed by atoms with E-state index in [0.29, 0.717) is 18.7 Å². The molecule has 0 bridgehead atoms. The third-order valence-corrected chi connectivity index (χ3v) is 4.47. The van der Waals surface area contributed by atoms with E-state index in [1.165, 1.54) is 10.6 Å². The minimum absolute atomic E-state index is 0.0406. The van der Waals surface area contributed by atoms with E-state index in [4.69, 9.17) is 22.8 Å². The van der Waals surface area contributed by atoms with Crippen LogP contribution in [0.1, 0.15) is 31.2 Å². The summed E-state index contributed by atoms with van der Waals surface area (Å²) in [7, 11) is 0. The molecule has 0 saturated carbocycles. The molecule has 0 N–H and O–H groups in total. The number of ether oxygens (including phenoxy) is 1. The standard InChI is InChI=1S/C18H15ClFN3O2/c1-3-11(2)25-17-9-15(13(20)8-12(17)19)23-16(10-21)14-6-4-5-7-22(14)18(23)24/h1,8-9,11H,4-7H2,2H3. The van der Waals surface area contributed by atoms with Crippen molar-refractivity contribution >= 4 is 11.6 Å². The number of hydrogen-bond acceptors (Lipinski definition) is 3. The van der Waals surface area contributed by atoms with Crippen LogP contribution in [0.2, 0.25) is 5.02 Å². The summed E-state index contributed by atoms with van der Waals surface area (Å²) >= 11 is 6.01. The van der Waals surface area contributed by atoms with Gasteiger partial charge in [-0.25, -0.2) is 13.8 Å². The van der Waals surface area contributed by atoms with Gasteiger partial charge in [0.15, 0.2) is 6.10 Å². The number of terminal acetylenes is 1. The van der Waals surface area contributed by atoms with Crippen molar-refractivity contribution in [1.29, 1.82) is 5.26 Å². The number of nitrogens with zero attached hydrogens (tertiary/aromatic N) is 3. The van der Waals surface area contributed by atoms with E-state index in [1.807, 2.05) is 6.07 Å². The Bertz CT molecular complexity index is 978. The minimum atomic E-state index is -0.716. The van der Waals surface area contributed by atoms with Crippen molar-refractivity contribution in [2.75, 3.05) is 0 Å². The van der Waals surface area contributed by atoms with Gasteiger partial charge in [-0.05, 0) is 32.3 Å². The van der Waals surface area contributed by atoms with E-state index >= 15 is 0 Å². The molecule has 1 aromatic heterocycles. The van der Waals surface area contributed by atoms with E-state index in [1.54, 1.807) is 6.92 Å². The number of fused-ring (bicyclic) bond motifs is 1. The maximum Gasteiger partial charge on any atom is 0.334 e. The molecule has 5 nitrogen and oxygen atoms in total. The molecule has 2 aromatic rings. The average molecular weight is 360 g/mol. The maximum atomic E-state index is 14.5. The van der Waals surface area contributed by atoms with Crippen LogP contribution in [0.5, 0.6) is 5.75 Å². The molecule has 25 heavy (non-hydrogen) atoms. The lowest BCUT2D eigenvalue weighted by Crippen LogP contribution is -2.26. The number of rotatable bonds is 3. The highest BCUT2D eigenvalue weighted by molar-refractivity contribution is 6.32. The van der Waals surface area contributed by atoms with Crippen molar-refractivity contribution < 1.29 is 9.13 Å². The summed E-state index contributed by atoms with van der Waals surface area (Å²) in [5, 5.41) is 9.56. The Kier molecular flexibility index (Phi) is 4.57. The number of imidazole rings is 1. The van der Waals surface area contributed by atoms with Crippen LogP contribution in [0.4, 0.5) is 4.39 Å². The normalized spacial score (nSPS) is 14.3. The SMILES string of the molecule is C#CC(C)Oc1cc(-n2c(C#N)c3n(c2=O)CCCC3)c(F)cc1Cl. The van der Waals surface area contributed by atoms with Gasteiger partial charge in [-0.2, -0.15) is 5.26 Å². The Labute approximate surface area is 149 Å². The third-order valence-electron chi connectivity index (χ3n) is 4.18. The molecule has 1 aromatic carbocycles. The summed E-state index contributed by atoms with van der Waals surface area (Å²) in [6.45, 7) is 2.16. The zero-order valence-electron chi connectivity index (χ0n) is 13.6. The Morgan fingerprint density at radius 3 is 2.88 bits per heavy atom. The number of halogens is 2. The van der Waals surface area contributed by atoms with Gasteiger partial charge in [0.25, 0.3) is 0 Å². The fourth-order valence-corrected chi connectivity index (χ4v) is 3.17. The van der Waals surface area contributed by atoms with Crippen LogP contribution in [0.25, 0.3) is 5.69 Å². The van der Waals surface area contributed by atoms with Gasteiger partial charge in [0.1, 0.15) is 23.3 Å². The van der Waals surface area contributed by atoms with Crippen LogP contribution in [0.3, 0.4) is 0 Å². The third kappa shape index (κ3) is 2.90. The predicted octanol–water partition coefficient (Wildman–Crippen LogP) is 3.04. The van der Waals surface area contributed by atoms with Crippen LogP contribution in [-0.4, -0.2) is 15.2 Å². The molecule has 0 spiro atoms. The molecule has 0 fully saturated rings. The zero-order chi connectivity index (χ0) is 18.1. The largest absolute Gasteiger partial charge is 0.476 e. The van der Waals surface area contributed by atoms with Crippen LogP contribution in [0, 0.1) is 29.5 Å². The topological polar surface area (TPSA) is 60.0 Å². The molecule has 1 aliphatic rings. The Morgan fingerprint density at radius 2 is 2.20 bits per heavy atom. The molecule has 0 radical (unpaired) electrons. The first-order valence-electron chi connectivity index (χ1n) is 7.84. The highest BCUT2D eigenvalue weighted by Gasteiger charge is 2.25. The maximum absolute atomic E-state index is 14.5. The fraction of sp³-hybridized carbons (Fsp3) is 0.333. The molecule has 0 aliphatic carbocycles. The van der Waals surface area contributed by atoms with Gasteiger partial charge in [0.05, 0.1) is 16.4 Å². The van der Waals surface area contributed by atoms with Gasteiger partial charge in [-0.3, -0.25) is 4.57 Å². The molecular weight excluding hydrogens is 345 g/mol. The second-order valence-corrected chi connectivity index (χ2v) is 6.20. The second-order valence-electron chi connectivity index (χ2n) is 5.79. The van der Waals surface area contributed by atoms with Crippen molar-refractivity contribution in [3.8, 4) is 29.8 Å². The Hall–Kier alpha value is -2.70. The summed E-state index contributed by atoms with van der Waals surface area (Å²) < 4.78 is 22.6. The molecular formula is C18H15ClFN3O2. The van der Waals surface area contributed by atoms with Gasteiger partial charge in [0.2, 0.25) is 0 Å². The van der Waals surface area contributed by atoms with Gasteiger partial charge >= 0.3 is 5.69 Å². The molecule has 7 heteroatoms. The highest BCUT2D eigenvalue weighted by Crippen LogP contribution is 2.31. The van der Waals surface area contributed by atoms with Gasteiger partial charge in [-0.15, -0.1) is 6.42 Å². The van der Waals surface area contributed by atoms with E-state index in [2.05, 4.69) is 5.92 Å². The first-order chi connectivity index (χ1) is 12.0. The fourth-order valence-electron chi connectivity index (χ4n) is 2.98. The molecule has 1 aliphatic heterocycles. The first-order valence-corrected chi connectivity index (χ1v) is 8.22. The van der Waals surface area contributed by atoms with Crippen molar-refractivity contribution in [1.82, 2.24) is 9.13 Å². The molecule has 0 amide bonds. The van der Waals surface area contributed by atoms with E-state index < -0.39 is 17.6 Å². The lowest BCUT2D eigenvalue weighted by Gasteiger charge is -2.13. The lowest BCUT2D eigenvalue weighted by atomic mass is 10.1. The monoisotopic (exact) mass is 359 g/mol. The number of benzene rings is 1. The summed E-state index contributed by atoms with van der Waals surface area (Å²) in [5.41, 5.74) is 0.255. The van der Waals surface area contributed by atoms with Crippen LogP contribution in [-0.2, 0) is 13.0 Å². The molecule has 1 unspecified atom stereocenters. The number of aromatic nitrogens is 2. The molecule has 1 atom stereocenters. The molecule has 0 saturated heterocycles. The Morgan fingerprint density at radius 1 is 1.44 bits per heavy atom. The quantitative estimate of drug-likeness (QED) is 0.791. The first kappa shape index (κ1) is 17.1. The smallest absolute Gasteiger partial charge is 0.334 e. The molecule has 3 rings (SSSR count). The molecule has 2 heterocycles. The highest BCUT2D eigenvalue weighted by atomic mass is 35.5. The van der Waals surface area contributed by atoms with Crippen molar-refractivity contribution in [3.05, 3.63) is 44.8 Å². The van der Waals surface area contributed by atoms with Crippen LogP contribution >= 0.6 is 11.6 Å². The number of hydrogen-bond donors (Lipinski definition) is 0. The van der Waals surface area contributed by atoms with Gasteiger partial charge < -0.3 is 4.74 Å². The minimum Gasteiger partial charge on any atom is -0.476 e. The second kappa shape index (κ2) is 6.66. The Balaban J connectivity index is 2.22.